The van der Waals surface area contributed by atoms with Crippen LogP contribution in [0.4, 0.5) is 0 Å². The predicted octanol–water partition coefficient (Wildman–Crippen LogP) is -0.633. The maximum atomic E-state index is 9.11. The van der Waals surface area contributed by atoms with E-state index in [4.69, 9.17) is 13.3 Å². The molecular formula is H6Ba2O3S2. The third-order valence-corrected chi connectivity index (χ3v) is 0. The van der Waals surface area contributed by atoms with E-state index in [-0.39, 0.29) is 103 Å². The quantitative estimate of drug-likeness (QED) is 0.539. The van der Waals surface area contributed by atoms with Crippen molar-refractivity contribution in [1.29, 1.82) is 0 Å². The average Bonchev–Trinajstić information content (AvgIpc) is 0.722. The van der Waals surface area contributed by atoms with E-state index in [9.17, 15) is 0 Å². The van der Waals surface area contributed by atoms with Crippen molar-refractivity contribution in [1.82, 2.24) is 0 Å². The number of rotatable bonds is 0. The summed E-state index contributed by atoms with van der Waals surface area (Å²) in [5.74, 6) is 0. The van der Waals surface area contributed by atoms with Crippen molar-refractivity contribution in [3.8, 4) is 0 Å². The summed E-state index contributed by atoms with van der Waals surface area (Å²) in [5.41, 5.74) is 0. The Balaban J connectivity index is -0.00000000533. The largest absolute Gasteiger partial charge is 2.00 e. The minimum absolute atomic E-state index is 0. The Morgan fingerprint density at radius 2 is 1.43 bits per heavy atom. The van der Waals surface area contributed by atoms with Crippen LogP contribution in [0.1, 0.15) is 5.71 Å². The van der Waals surface area contributed by atoms with Gasteiger partial charge in [-0.3, -0.25) is 9.11 Å². The smallest absolute Gasteiger partial charge is 1.00 e. The van der Waals surface area contributed by atoms with E-state index in [2.05, 4.69) is 11.2 Å². The van der Waals surface area contributed by atoms with Crippen molar-refractivity contribution >= 4 is 118 Å². The molecule has 0 atom stereocenters. The maximum absolute atomic E-state index is 9.11. The second-order valence-electron chi connectivity index (χ2n) is 0.448. The first-order valence-corrected chi connectivity index (χ1v) is 3.10. The first-order valence-electron chi connectivity index (χ1n) is 0.698. The van der Waals surface area contributed by atoms with E-state index in [0.29, 0.717) is 0 Å². The van der Waals surface area contributed by atoms with Gasteiger partial charge in [-0.25, -0.2) is 0 Å². The average molecular weight is 393 g/mol. The Hall–Kier alpha value is 3.43. The van der Waals surface area contributed by atoms with Crippen LogP contribution in [0.15, 0.2) is 0 Å². The van der Waals surface area contributed by atoms with Gasteiger partial charge >= 0.3 is 97.8 Å². The van der Waals surface area contributed by atoms with E-state index in [1.54, 1.807) is 0 Å². The fourth-order valence-corrected chi connectivity index (χ4v) is 0. The number of hydrogen-bond donors (Lipinski definition) is 2. The van der Waals surface area contributed by atoms with Gasteiger partial charge in [0.05, 0.1) is 0 Å². The Morgan fingerprint density at radius 1 is 1.43 bits per heavy atom. The van der Waals surface area contributed by atoms with Gasteiger partial charge in [0.2, 0.25) is 0 Å². The molecule has 7 heavy (non-hydrogen) atoms. The van der Waals surface area contributed by atoms with Gasteiger partial charge in [0.1, 0.15) is 0 Å². The second kappa shape index (κ2) is 7.54. The minimum Gasteiger partial charge on any atom is -1.00 e. The van der Waals surface area contributed by atoms with Gasteiger partial charge in [0, 0.05) is 11.2 Å². The molecule has 0 aliphatic carbocycles. The molecule has 0 aromatic carbocycles. The zero-order valence-electron chi connectivity index (χ0n) is 7.53. The van der Waals surface area contributed by atoms with Crippen molar-refractivity contribution in [3.63, 3.8) is 0 Å². The van der Waals surface area contributed by atoms with Crippen LogP contribution in [0, 0.1) is 0 Å². The van der Waals surface area contributed by atoms with E-state index in [1.807, 2.05) is 0 Å². The van der Waals surface area contributed by atoms with Crippen LogP contribution >= 0.6 is 0 Å². The fourth-order valence-electron chi connectivity index (χ4n) is 0. The van der Waals surface area contributed by atoms with Crippen LogP contribution in [0.25, 0.3) is 0 Å². The molecule has 0 fully saturated rings. The minimum atomic E-state index is -3.83. The first-order chi connectivity index (χ1) is 2.00. The molecule has 0 spiro atoms. The Kier molecular flexibility index (Phi) is 18.1. The Labute approximate surface area is 133 Å². The summed E-state index contributed by atoms with van der Waals surface area (Å²) in [6.07, 6.45) is 0. The van der Waals surface area contributed by atoms with Crippen molar-refractivity contribution in [2.24, 2.45) is 0 Å². The van der Waals surface area contributed by atoms with Gasteiger partial charge in [-0.05, 0) is 0 Å². The summed E-state index contributed by atoms with van der Waals surface area (Å²) in [5, 5.41) is 0. The molecule has 0 aliphatic rings. The van der Waals surface area contributed by atoms with Crippen molar-refractivity contribution in [3.05, 3.63) is 0 Å². The van der Waals surface area contributed by atoms with Crippen LogP contribution in [0.5, 0.6) is 0 Å². The summed E-state index contributed by atoms with van der Waals surface area (Å²) >= 11 is 3.47. The molecule has 3 nitrogen and oxygen atoms in total. The normalized spacial score (nSPS) is 8.29. The maximum Gasteiger partial charge on any atom is 2.00 e. The van der Waals surface area contributed by atoms with Gasteiger partial charge in [0.15, 0.2) is 0 Å². The summed E-state index contributed by atoms with van der Waals surface area (Å²) in [6.45, 7) is 0. The second-order valence-corrected chi connectivity index (χ2v) is 2.65. The molecule has 0 saturated carbocycles. The third-order valence-electron chi connectivity index (χ3n) is 0. The first kappa shape index (κ1) is 16.8. The standard InChI is InChI=1S/2Ba.H2O3S2.4H/c;;1-5(2,3)4;;;;/h;;(H2,1,2,3,4);;;;/q2*+2;;4*-1. The van der Waals surface area contributed by atoms with Gasteiger partial charge in [-0.1, -0.05) is 0 Å². The Bertz CT molecular complexity index is 105. The molecule has 0 rings (SSSR count). The zero-order chi connectivity index (χ0) is 4.50. The molecule has 0 aliphatic heterocycles. The molecule has 2 N–H and O–H groups in total. The molecule has 0 aromatic rings. The van der Waals surface area contributed by atoms with Crippen LogP contribution < -0.4 is 0 Å². The van der Waals surface area contributed by atoms with Gasteiger partial charge in [-0.15, -0.1) is 0 Å². The molecular weight excluding hydrogens is 387 g/mol. The van der Waals surface area contributed by atoms with Crippen LogP contribution in [-0.4, -0.2) is 111 Å². The van der Waals surface area contributed by atoms with E-state index >= 15 is 0 Å². The molecule has 0 radical (unpaired) electrons. The van der Waals surface area contributed by atoms with Crippen LogP contribution in [0.2, 0.25) is 0 Å². The van der Waals surface area contributed by atoms with Gasteiger partial charge in [0.25, 0.3) is 9.05 Å². The molecule has 7 heteroatoms. The summed E-state index contributed by atoms with van der Waals surface area (Å²) in [6, 6.07) is 0. The molecule has 0 bridgehead atoms. The molecule has 0 amide bonds. The molecule has 0 saturated heterocycles. The van der Waals surface area contributed by atoms with E-state index in [0.717, 1.165) is 0 Å². The fraction of sp³-hybridized carbons (Fsp3) is 0. The zero-order valence-corrected chi connectivity index (χ0v) is 14.0. The van der Waals surface area contributed by atoms with Gasteiger partial charge < -0.3 is 5.71 Å². The topological polar surface area (TPSA) is 57.5 Å². The van der Waals surface area contributed by atoms with E-state index in [1.165, 1.54) is 0 Å². The van der Waals surface area contributed by atoms with Crippen molar-refractivity contribution < 1.29 is 19.0 Å². The van der Waals surface area contributed by atoms with Crippen molar-refractivity contribution in [2.45, 2.75) is 0 Å². The molecule has 0 unspecified atom stereocenters. The molecule has 0 aromatic heterocycles. The van der Waals surface area contributed by atoms with Crippen LogP contribution in [0.3, 0.4) is 0 Å². The SMILES string of the molecule is O=S(O)(O)=S.[Ba+2].[Ba+2].[H-].[H-].[H-].[H-]. The predicted molar refractivity (Wildman–Crippen MR) is 36.7 cm³/mol. The monoisotopic (exact) mass is 394 g/mol. The van der Waals surface area contributed by atoms with Crippen LogP contribution in [-0.2, 0) is 20.2 Å². The summed E-state index contributed by atoms with van der Waals surface area (Å²) in [4.78, 5) is 0. The molecule has 40 valence electrons. The summed E-state index contributed by atoms with van der Waals surface area (Å²) < 4.78 is 24.0. The van der Waals surface area contributed by atoms with Gasteiger partial charge in [-0.2, -0.15) is 4.21 Å². The third kappa shape index (κ3) is 44.2. The van der Waals surface area contributed by atoms with Crippen molar-refractivity contribution in [2.75, 3.05) is 0 Å². The van der Waals surface area contributed by atoms with E-state index < -0.39 is 9.05 Å². The Morgan fingerprint density at radius 3 is 1.43 bits per heavy atom. The number of hydrogen-bond acceptors (Lipinski definition) is 2. The molecule has 0 heterocycles. The summed E-state index contributed by atoms with van der Waals surface area (Å²) in [7, 11) is -3.83.